The summed E-state index contributed by atoms with van der Waals surface area (Å²) < 4.78 is 5.58. The quantitative estimate of drug-likeness (QED) is 0.592. The number of benzene rings is 2. The Morgan fingerprint density at radius 1 is 1.00 bits per heavy atom. The van der Waals surface area contributed by atoms with Crippen molar-refractivity contribution in [3.05, 3.63) is 71.7 Å². The van der Waals surface area contributed by atoms with E-state index in [0.29, 0.717) is 24.6 Å². The van der Waals surface area contributed by atoms with Crippen molar-refractivity contribution < 1.29 is 18.8 Å². The Morgan fingerprint density at radius 2 is 1.74 bits per heavy atom. The number of imide groups is 1. The van der Waals surface area contributed by atoms with E-state index in [1.165, 1.54) is 16.3 Å². The van der Waals surface area contributed by atoms with E-state index in [9.17, 15) is 14.4 Å². The molecule has 2 aliphatic heterocycles. The zero-order valence-electron chi connectivity index (χ0n) is 19.4. The second kappa shape index (κ2) is 8.61. The number of rotatable bonds is 5. The number of aryl methyl sites for hydroxylation is 1. The number of hydrogen-bond acceptors (Lipinski definition) is 5. The van der Waals surface area contributed by atoms with E-state index >= 15 is 0 Å². The summed E-state index contributed by atoms with van der Waals surface area (Å²) in [6, 6.07) is 17.5. The van der Waals surface area contributed by atoms with Crippen molar-refractivity contribution in [2.45, 2.75) is 25.9 Å². The van der Waals surface area contributed by atoms with Gasteiger partial charge in [0.2, 0.25) is 5.91 Å². The molecule has 0 radical (unpaired) electrons. The molecule has 0 bridgehead atoms. The number of fused-ring (bicyclic) bond motifs is 1. The highest BCUT2D eigenvalue weighted by molar-refractivity contribution is 6.08. The molecule has 1 atom stereocenters. The standard InChI is InChI=1S/C26H28N4O4/c1-18-10-11-22(34-18)26(2)24(32)30(25(33)27-26)17-23(31)29-14-12-28(13-15-29)16-20-8-5-7-19-6-3-4-9-21(19)20/h3-11H,12-17H2,1-2H3,(H,27,33). The summed E-state index contributed by atoms with van der Waals surface area (Å²) in [5.74, 6) is 0.303. The summed E-state index contributed by atoms with van der Waals surface area (Å²) >= 11 is 0. The molecule has 1 aromatic heterocycles. The SMILES string of the molecule is Cc1ccc(C2(C)NC(=O)N(CC(=O)N3CCN(Cc4cccc5ccccc45)CC3)C2=O)o1. The van der Waals surface area contributed by atoms with Crippen molar-refractivity contribution >= 4 is 28.6 Å². The second-order valence-corrected chi connectivity index (χ2v) is 9.15. The summed E-state index contributed by atoms with van der Waals surface area (Å²) in [5.41, 5.74) is -0.0346. The first-order valence-electron chi connectivity index (χ1n) is 11.5. The van der Waals surface area contributed by atoms with Crippen LogP contribution in [0.2, 0.25) is 0 Å². The van der Waals surface area contributed by atoms with Crippen LogP contribution in [0.3, 0.4) is 0 Å². The van der Waals surface area contributed by atoms with Crippen molar-refractivity contribution in [2.24, 2.45) is 0 Å². The minimum absolute atomic E-state index is 0.229. The lowest BCUT2D eigenvalue weighted by Gasteiger charge is -2.35. The van der Waals surface area contributed by atoms with E-state index < -0.39 is 17.5 Å². The Kier molecular flexibility index (Phi) is 5.61. The van der Waals surface area contributed by atoms with Gasteiger partial charge in [-0.05, 0) is 42.3 Å². The maximum atomic E-state index is 13.0. The van der Waals surface area contributed by atoms with Crippen molar-refractivity contribution in [1.82, 2.24) is 20.0 Å². The van der Waals surface area contributed by atoms with Gasteiger partial charge in [0, 0.05) is 32.7 Å². The molecule has 0 spiro atoms. The maximum absolute atomic E-state index is 13.0. The zero-order chi connectivity index (χ0) is 23.9. The lowest BCUT2D eigenvalue weighted by atomic mass is 9.99. The fraction of sp³-hybridized carbons (Fsp3) is 0.346. The molecule has 0 saturated carbocycles. The molecule has 176 valence electrons. The molecule has 2 aliphatic rings. The molecule has 0 aliphatic carbocycles. The van der Waals surface area contributed by atoms with Crippen LogP contribution in [0.5, 0.6) is 0 Å². The van der Waals surface area contributed by atoms with Crippen LogP contribution in [0.4, 0.5) is 4.79 Å². The molecule has 8 heteroatoms. The van der Waals surface area contributed by atoms with Crippen LogP contribution in [-0.4, -0.2) is 65.3 Å². The first kappa shape index (κ1) is 22.2. The van der Waals surface area contributed by atoms with Gasteiger partial charge in [-0.1, -0.05) is 42.5 Å². The molecule has 8 nitrogen and oxygen atoms in total. The number of hydrogen-bond donors (Lipinski definition) is 1. The molecule has 2 saturated heterocycles. The average molecular weight is 461 g/mol. The summed E-state index contributed by atoms with van der Waals surface area (Å²) in [6.07, 6.45) is 0. The summed E-state index contributed by atoms with van der Waals surface area (Å²) in [4.78, 5) is 43.6. The molecule has 1 N–H and O–H groups in total. The zero-order valence-corrected chi connectivity index (χ0v) is 19.4. The molecule has 2 aromatic carbocycles. The Hall–Kier alpha value is -3.65. The molecule has 1 unspecified atom stereocenters. The van der Waals surface area contributed by atoms with Gasteiger partial charge in [-0.25, -0.2) is 4.79 Å². The number of amides is 4. The summed E-state index contributed by atoms with van der Waals surface area (Å²) in [7, 11) is 0. The highest BCUT2D eigenvalue weighted by atomic mass is 16.3. The summed E-state index contributed by atoms with van der Waals surface area (Å²) in [5, 5.41) is 5.15. The number of furan rings is 1. The molecule has 4 amide bonds. The van der Waals surface area contributed by atoms with Crippen molar-refractivity contribution in [3.8, 4) is 0 Å². The van der Waals surface area contributed by atoms with Crippen molar-refractivity contribution in [3.63, 3.8) is 0 Å². The maximum Gasteiger partial charge on any atom is 0.325 e. The molecule has 2 fully saturated rings. The largest absolute Gasteiger partial charge is 0.463 e. The number of nitrogens with zero attached hydrogens (tertiary/aromatic N) is 3. The Bertz CT molecular complexity index is 1260. The van der Waals surface area contributed by atoms with Gasteiger partial charge in [0.25, 0.3) is 5.91 Å². The number of urea groups is 1. The molecule has 5 rings (SSSR count). The lowest BCUT2D eigenvalue weighted by molar-refractivity contribution is -0.140. The van der Waals surface area contributed by atoms with E-state index in [-0.39, 0.29) is 12.5 Å². The van der Waals surface area contributed by atoms with Crippen molar-refractivity contribution in [2.75, 3.05) is 32.7 Å². The molecule has 3 heterocycles. The highest BCUT2D eigenvalue weighted by Crippen LogP contribution is 2.30. The third-order valence-corrected chi connectivity index (χ3v) is 6.80. The predicted octanol–water partition coefficient (Wildman–Crippen LogP) is 2.85. The van der Waals surface area contributed by atoms with Gasteiger partial charge in [0.05, 0.1) is 0 Å². The lowest BCUT2D eigenvalue weighted by Crippen LogP contribution is -2.51. The van der Waals surface area contributed by atoms with Crippen LogP contribution < -0.4 is 5.32 Å². The fourth-order valence-corrected chi connectivity index (χ4v) is 4.77. The van der Waals surface area contributed by atoms with Gasteiger partial charge in [-0.2, -0.15) is 0 Å². The van der Waals surface area contributed by atoms with E-state index in [0.717, 1.165) is 24.5 Å². The van der Waals surface area contributed by atoms with Gasteiger partial charge in [-0.3, -0.25) is 19.4 Å². The van der Waals surface area contributed by atoms with E-state index in [4.69, 9.17) is 4.42 Å². The van der Waals surface area contributed by atoms with Crippen LogP contribution in [0.1, 0.15) is 24.0 Å². The third kappa shape index (κ3) is 3.94. The van der Waals surface area contributed by atoms with Crippen LogP contribution in [-0.2, 0) is 21.7 Å². The second-order valence-electron chi connectivity index (χ2n) is 9.15. The fourth-order valence-electron chi connectivity index (χ4n) is 4.77. The Morgan fingerprint density at radius 3 is 2.47 bits per heavy atom. The number of carbonyl (C=O) groups is 3. The predicted molar refractivity (Wildman–Crippen MR) is 127 cm³/mol. The van der Waals surface area contributed by atoms with Crippen molar-refractivity contribution in [1.29, 1.82) is 0 Å². The number of carbonyl (C=O) groups excluding carboxylic acids is 3. The summed E-state index contributed by atoms with van der Waals surface area (Å²) in [6.45, 7) is 6.50. The van der Waals surface area contributed by atoms with Crippen LogP contribution in [0.15, 0.2) is 59.0 Å². The van der Waals surface area contributed by atoms with E-state index in [1.54, 1.807) is 30.9 Å². The van der Waals surface area contributed by atoms with Gasteiger partial charge in [0.15, 0.2) is 5.54 Å². The van der Waals surface area contributed by atoms with Gasteiger partial charge >= 0.3 is 6.03 Å². The smallest absolute Gasteiger partial charge is 0.325 e. The number of nitrogens with one attached hydrogen (secondary N) is 1. The van der Waals surface area contributed by atoms with Crippen LogP contribution in [0.25, 0.3) is 10.8 Å². The normalized spacial score (nSPS) is 21.4. The van der Waals surface area contributed by atoms with Gasteiger partial charge in [0.1, 0.15) is 18.1 Å². The first-order chi connectivity index (χ1) is 16.3. The highest BCUT2D eigenvalue weighted by Gasteiger charge is 2.51. The molecular formula is C26H28N4O4. The van der Waals surface area contributed by atoms with Crippen LogP contribution >= 0.6 is 0 Å². The minimum atomic E-state index is -1.30. The minimum Gasteiger partial charge on any atom is -0.463 e. The third-order valence-electron chi connectivity index (χ3n) is 6.80. The number of piperazine rings is 1. The van der Waals surface area contributed by atoms with Gasteiger partial charge < -0.3 is 14.6 Å². The topological polar surface area (TPSA) is 86.1 Å². The average Bonchev–Trinajstić information content (AvgIpc) is 3.37. The molecular weight excluding hydrogens is 432 g/mol. The first-order valence-corrected chi connectivity index (χ1v) is 11.5. The molecule has 34 heavy (non-hydrogen) atoms. The van der Waals surface area contributed by atoms with E-state index in [1.807, 2.05) is 6.07 Å². The Labute approximate surface area is 198 Å². The van der Waals surface area contributed by atoms with Gasteiger partial charge in [-0.15, -0.1) is 0 Å². The Balaban J connectivity index is 1.19. The van der Waals surface area contributed by atoms with E-state index in [2.05, 4.69) is 46.6 Å². The molecule has 3 aromatic rings. The van der Waals surface area contributed by atoms with Crippen LogP contribution in [0, 0.1) is 6.92 Å². The monoisotopic (exact) mass is 460 g/mol.